The van der Waals surface area contributed by atoms with Crippen LogP contribution < -0.4 is 15.2 Å². The molecule has 1 heterocycles. The molecular weight excluding hydrogens is 264 g/mol. The normalized spacial score (nSPS) is 10.3. The van der Waals surface area contributed by atoms with E-state index >= 15 is 0 Å². The number of rotatable bonds is 6. The van der Waals surface area contributed by atoms with Crippen LogP contribution in [-0.2, 0) is 0 Å². The van der Waals surface area contributed by atoms with Gasteiger partial charge >= 0.3 is 0 Å². The number of H-pyrrole nitrogens is 1. The number of amides is 1. The van der Waals surface area contributed by atoms with E-state index in [0.717, 1.165) is 0 Å². The molecule has 8 heteroatoms. The maximum absolute atomic E-state index is 11.2. The molecule has 0 saturated carbocycles. The number of nitrogens with one attached hydrogen (secondary N) is 1. The first kappa shape index (κ1) is 13.8. The van der Waals surface area contributed by atoms with E-state index in [0.29, 0.717) is 22.8 Å². The average molecular weight is 278 g/mol. The molecule has 0 saturated heterocycles. The standard InChI is InChI=1S/C12H14N4O4/c1-19-9-6-7(2-3-8(9)20-5-4-17)10-11(12(13)18)15-16-14-10/h2-3,6,17H,4-5H2,1H3,(H2,13,18)(H,14,15,16). The van der Waals surface area contributed by atoms with Gasteiger partial charge in [0.1, 0.15) is 12.3 Å². The first-order valence-electron chi connectivity index (χ1n) is 5.80. The zero-order valence-electron chi connectivity index (χ0n) is 10.8. The predicted molar refractivity (Wildman–Crippen MR) is 69.5 cm³/mol. The summed E-state index contributed by atoms with van der Waals surface area (Å²) >= 11 is 0. The van der Waals surface area contributed by atoms with E-state index in [1.165, 1.54) is 7.11 Å². The zero-order chi connectivity index (χ0) is 14.5. The molecule has 0 unspecified atom stereocenters. The van der Waals surface area contributed by atoms with Gasteiger partial charge in [-0.05, 0) is 18.2 Å². The van der Waals surface area contributed by atoms with E-state index in [1.807, 2.05) is 0 Å². The van der Waals surface area contributed by atoms with E-state index in [2.05, 4.69) is 15.4 Å². The van der Waals surface area contributed by atoms with E-state index in [1.54, 1.807) is 18.2 Å². The fourth-order valence-corrected chi connectivity index (χ4v) is 1.69. The van der Waals surface area contributed by atoms with Crippen LogP contribution in [0.15, 0.2) is 18.2 Å². The SMILES string of the molecule is COc1cc(-c2n[nH]nc2C(N)=O)ccc1OCCO. The molecule has 0 spiro atoms. The number of nitrogens with two attached hydrogens (primary N) is 1. The molecular formula is C12H14N4O4. The summed E-state index contributed by atoms with van der Waals surface area (Å²) in [4.78, 5) is 11.2. The lowest BCUT2D eigenvalue weighted by atomic mass is 10.1. The van der Waals surface area contributed by atoms with Gasteiger partial charge in [-0.3, -0.25) is 4.79 Å². The number of aliphatic hydroxyl groups is 1. The Labute approximate surface area is 114 Å². The summed E-state index contributed by atoms with van der Waals surface area (Å²) in [6.45, 7) is 0.0617. The Hall–Kier alpha value is -2.61. The number of benzene rings is 1. The zero-order valence-corrected chi connectivity index (χ0v) is 10.8. The fraction of sp³-hybridized carbons (Fsp3) is 0.250. The number of hydrogen-bond acceptors (Lipinski definition) is 6. The second-order valence-corrected chi connectivity index (χ2v) is 3.82. The van der Waals surface area contributed by atoms with Gasteiger partial charge in [0.2, 0.25) is 0 Å². The van der Waals surface area contributed by atoms with Gasteiger partial charge in [-0.1, -0.05) is 0 Å². The summed E-state index contributed by atoms with van der Waals surface area (Å²) in [5, 5.41) is 18.7. The largest absolute Gasteiger partial charge is 0.493 e. The summed E-state index contributed by atoms with van der Waals surface area (Å²) in [6, 6.07) is 5.00. The molecule has 0 bridgehead atoms. The molecule has 106 valence electrons. The lowest BCUT2D eigenvalue weighted by molar-refractivity contribution is 0.0996. The number of aliphatic hydroxyl groups excluding tert-OH is 1. The van der Waals surface area contributed by atoms with Crippen molar-refractivity contribution in [3.63, 3.8) is 0 Å². The van der Waals surface area contributed by atoms with Crippen LogP contribution in [0.25, 0.3) is 11.3 Å². The Bertz CT molecular complexity index is 611. The van der Waals surface area contributed by atoms with Gasteiger partial charge in [0, 0.05) is 5.56 Å². The lowest BCUT2D eigenvalue weighted by Gasteiger charge is -2.10. The number of nitrogens with zero attached hydrogens (tertiary/aromatic N) is 2. The Balaban J connectivity index is 2.38. The van der Waals surface area contributed by atoms with Gasteiger partial charge in [0.05, 0.1) is 13.7 Å². The maximum Gasteiger partial charge on any atom is 0.271 e. The number of carbonyl (C=O) groups excluding carboxylic acids is 1. The van der Waals surface area contributed by atoms with Crippen molar-refractivity contribution in [1.82, 2.24) is 15.4 Å². The maximum atomic E-state index is 11.2. The van der Waals surface area contributed by atoms with Crippen LogP contribution in [0.4, 0.5) is 0 Å². The minimum absolute atomic E-state index is 0.0519. The number of carbonyl (C=O) groups is 1. The molecule has 0 aliphatic heterocycles. The quantitative estimate of drug-likeness (QED) is 0.680. The third kappa shape index (κ3) is 2.69. The number of methoxy groups -OCH3 is 1. The minimum Gasteiger partial charge on any atom is -0.493 e. The molecule has 0 fully saturated rings. The highest BCUT2D eigenvalue weighted by Crippen LogP contribution is 2.32. The van der Waals surface area contributed by atoms with Crippen molar-refractivity contribution in [2.45, 2.75) is 0 Å². The third-order valence-electron chi connectivity index (χ3n) is 2.57. The number of aromatic nitrogens is 3. The van der Waals surface area contributed by atoms with Crippen LogP contribution >= 0.6 is 0 Å². The summed E-state index contributed by atoms with van der Waals surface area (Å²) in [7, 11) is 1.49. The number of primary amides is 1. The lowest BCUT2D eigenvalue weighted by Crippen LogP contribution is -2.12. The topological polar surface area (TPSA) is 123 Å². The highest BCUT2D eigenvalue weighted by Gasteiger charge is 2.17. The third-order valence-corrected chi connectivity index (χ3v) is 2.57. The molecule has 8 nitrogen and oxygen atoms in total. The van der Waals surface area contributed by atoms with Gasteiger partial charge in [-0.25, -0.2) is 0 Å². The Morgan fingerprint density at radius 2 is 2.20 bits per heavy atom. The summed E-state index contributed by atoms with van der Waals surface area (Å²) in [5.74, 6) is 0.261. The first-order valence-corrected chi connectivity index (χ1v) is 5.80. The first-order chi connectivity index (χ1) is 9.67. The van der Waals surface area contributed by atoms with Crippen molar-refractivity contribution >= 4 is 5.91 Å². The molecule has 0 radical (unpaired) electrons. The summed E-state index contributed by atoms with van der Waals surface area (Å²) in [6.07, 6.45) is 0. The Morgan fingerprint density at radius 1 is 1.40 bits per heavy atom. The summed E-state index contributed by atoms with van der Waals surface area (Å²) < 4.78 is 10.5. The molecule has 2 rings (SSSR count). The number of hydrogen-bond donors (Lipinski definition) is 3. The van der Waals surface area contributed by atoms with Crippen LogP contribution in [0.5, 0.6) is 11.5 Å². The van der Waals surface area contributed by atoms with Crippen LogP contribution in [-0.4, -0.2) is 46.7 Å². The van der Waals surface area contributed by atoms with Gasteiger partial charge < -0.3 is 20.3 Å². The van der Waals surface area contributed by atoms with E-state index < -0.39 is 5.91 Å². The minimum atomic E-state index is -0.673. The van der Waals surface area contributed by atoms with Crippen LogP contribution in [0.3, 0.4) is 0 Å². The van der Waals surface area contributed by atoms with Crippen molar-refractivity contribution in [2.75, 3.05) is 20.3 Å². The van der Waals surface area contributed by atoms with Gasteiger partial charge in [0.25, 0.3) is 5.91 Å². The van der Waals surface area contributed by atoms with E-state index in [4.69, 9.17) is 20.3 Å². The van der Waals surface area contributed by atoms with Gasteiger partial charge in [-0.2, -0.15) is 15.4 Å². The fourth-order valence-electron chi connectivity index (χ4n) is 1.69. The smallest absolute Gasteiger partial charge is 0.271 e. The molecule has 1 aromatic heterocycles. The number of ether oxygens (including phenoxy) is 2. The molecule has 4 N–H and O–H groups in total. The van der Waals surface area contributed by atoms with Crippen molar-refractivity contribution in [3.05, 3.63) is 23.9 Å². The molecule has 2 aromatic rings. The van der Waals surface area contributed by atoms with E-state index in [9.17, 15) is 4.79 Å². The van der Waals surface area contributed by atoms with E-state index in [-0.39, 0.29) is 18.9 Å². The van der Waals surface area contributed by atoms with Crippen molar-refractivity contribution in [2.24, 2.45) is 5.73 Å². The van der Waals surface area contributed by atoms with Crippen LogP contribution in [0, 0.1) is 0 Å². The highest BCUT2D eigenvalue weighted by atomic mass is 16.5. The monoisotopic (exact) mass is 278 g/mol. The van der Waals surface area contributed by atoms with Crippen LogP contribution in [0.1, 0.15) is 10.5 Å². The number of aromatic amines is 1. The highest BCUT2D eigenvalue weighted by molar-refractivity contribution is 5.96. The molecule has 0 aliphatic carbocycles. The predicted octanol–water partition coefficient (Wildman–Crippen LogP) is -0.0497. The van der Waals surface area contributed by atoms with Gasteiger partial charge in [-0.15, -0.1) is 0 Å². The Morgan fingerprint density at radius 3 is 2.85 bits per heavy atom. The Kier molecular flexibility index (Phi) is 4.16. The molecule has 20 heavy (non-hydrogen) atoms. The second-order valence-electron chi connectivity index (χ2n) is 3.82. The average Bonchev–Trinajstić information content (AvgIpc) is 2.94. The van der Waals surface area contributed by atoms with Crippen molar-refractivity contribution < 1.29 is 19.4 Å². The summed E-state index contributed by atoms with van der Waals surface area (Å²) in [5.41, 5.74) is 6.22. The van der Waals surface area contributed by atoms with Gasteiger partial charge in [0.15, 0.2) is 17.2 Å². The van der Waals surface area contributed by atoms with Crippen molar-refractivity contribution in [1.29, 1.82) is 0 Å². The molecule has 1 amide bonds. The molecule has 1 aromatic carbocycles. The molecule has 0 aliphatic rings. The van der Waals surface area contributed by atoms with Crippen LogP contribution in [0.2, 0.25) is 0 Å². The molecule has 0 atom stereocenters. The van der Waals surface area contributed by atoms with Crippen molar-refractivity contribution in [3.8, 4) is 22.8 Å². The second kappa shape index (κ2) is 6.02.